The molecule has 0 aliphatic rings. The molecule has 1 heteroatoms. The van der Waals surface area contributed by atoms with Gasteiger partial charge in [0.1, 0.15) is 6.67 Å². The molecule has 0 fully saturated rings. The zero-order valence-electron chi connectivity index (χ0n) is 7.65. The van der Waals surface area contributed by atoms with Crippen molar-refractivity contribution in [1.29, 1.82) is 0 Å². The van der Waals surface area contributed by atoms with E-state index in [1.807, 2.05) is 6.92 Å². The normalized spacial score (nSPS) is 11.5. The molecule has 0 amide bonds. The first-order chi connectivity index (χ1) is 5.16. The maximum absolute atomic E-state index is 11.7. The quantitative estimate of drug-likeness (QED) is 0.545. The number of hydrogen-bond donors (Lipinski definition) is 0. The van der Waals surface area contributed by atoms with Gasteiger partial charge in [0.2, 0.25) is 0 Å². The average molecular weight is 156 g/mol. The van der Waals surface area contributed by atoms with Crippen LogP contribution in [0.25, 0.3) is 0 Å². The number of halogens is 1. The number of hydrogen-bond acceptors (Lipinski definition) is 0. The smallest absolute Gasteiger partial charge is 0.108 e. The summed E-state index contributed by atoms with van der Waals surface area (Å²) < 4.78 is 11.7. The van der Waals surface area contributed by atoms with Gasteiger partial charge in [-0.25, -0.2) is 4.39 Å². The Labute approximate surface area is 68.8 Å². The van der Waals surface area contributed by atoms with E-state index in [-0.39, 0.29) is 6.67 Å². The number of rotatable bonds is 4. The predicted molar refractivity (Wildman–Crippen MR) is 48.4 cm³/mol. The van der Waals surface area contributed by atoms with Crippen molar-refractivity contribution in [2.75, 3.05) is 6.67 Å². The fourth-order valence-electron chi connectivity index (χ4n) is 0.822. The molecule has 0 radical (unpaired) electrons. The van der Waals surface area contributed by atoms with Crippen molar-refractivity contribution in [1.82, 2.24) is 0 Å². The maximum Gasteiger partial charge on any atom is 0.108 e. The topological polar surface area (TPSA) is 0 Å². The SMILES string of the molecule is CC(C)=CCC/C(C)=C\CF. The van der Waals surface area contributed by atoms with Crippen LogP contribution >= 0.6 is 0 Å². The summed E-state index contributed by atoms with van der Waals surface area (Å²) in [6.45, 7) is 5.79. The van der Waals surface area contributed by atoms with Gasteiger partial charge in [-0.05, 0) is 33.6 Å². The molecule has 0 unspecified atom stereocenters. The van der Waals surface area contributed by atoms with Crippen molar-refractivity contribution in [2.45, 2.75) is 33.6 Å². The molecule has 0 atom stereocenters. The van der Waals surface area contributed by atoms with E-state index in [1.54, 1.807) is 6.08 Å². The maximum atomic E-state index is 11.7. The lowest BCUT2D eigenvalue weighted by Crippen LogP contribution is -1.77. The molecule has 0 heterocycles. The summed E-state index contributed by atoms with van der Waals surface area (Å²) in [4.78, 5) is 0. The number of alkyl halides is 1. The van der Waals surface area contributed by atoms with Crippen molar-refractivity contribution in [3.8, 4) is 0 Å². The van der Waals surface area contributed by atoms with E-state index in [0.29, 0.717) is 0 Å². The van der Waals surface area contributed by atoms with Crippen LogP contribution < -0.4 is 0 Å². The summed E-state index contributed by atoms with van der Waals surface area (Å²) in [5.41, 5.74) is 2.48. The molecule has 0 saturated heterocycles. The Bertz CT molecular complexity index is 150. The Balaban J connectivity index is 3.54. The fraction of sp³-hybridized carbons (Fsp3) is 0.600. The standard InChI is InChI=1S/C10H17F/c1-9(2)5-4-6-10(3)7-8-11/h5,7H,4,6,8H2,1-3H3/b10-7-. The van der Waals surface area contributed by atoms with Crippen LogP contribution in [0.3, 0.4) is 0 Å². The molecule has 0 spiro atoms. The summed E-state index contributed by atoms with van der Waals surface area (Å²) in [5.74, 6) is 0. The molecule has 0 N–H and O–H groups in total. The molecule has 11 heavy (non-hydrogen) atoms. The third kappa shape index (κ3) is 7.31. The zero-order chi connectivity index (χ0) is 8.69. The minimum atomic E-state index is -0.333. The van der Waals surface area contributed by atoms with Crippen LogP contribution in [0.2, 0.25) is 0 Å². The van der Waals surface area contributed by atoms with Gasteiger partial charge in [0, 0.05) is 0 Å². The first-order valence-electron chi connectivity index (χ1n) is 4.01. The van der Waals surface area contributed by atoms with Gasteiger partial charge >= 0.3 is 0 Å². The highest BCUT2D eigenvalue weighted by molar-refractivity contribution is 5.01. The Morgan fingerprint density at radius 2 is 1.82 bits per heavy atom. The lowest BCUT2D eigenvalue weighted by atomic mass is 10.1. The third-order valence-corrected chi connectivity index (χ3v) is 1.52. The molecule has 64 valence electrons. The minimum Gasteiger partial charge on any atom is -0.247 e. The first-order valence-corrected chi connectivity index (χ1v) is 4.01. The predicted octanol–water partition coefficient (Wildman–Crippen LogP) is 3.65. The van der Waals surface area contributed by atoms with Crippen LogP contribution in [0.1, 0.15) is 33.6 Å². The van der Waals surface area contributed by atoms with Gasteiger partial charge in [-0.1, -0.05) is 23.3 Å². The Morgan fingerprint density at radius 1 is 1.18 bits per heavy atom. The van der Waals surface area contributed by atoms with Crippen molar-refractivity contribution in [3.63, 3.8) is 0 Å². The van der Waals surface area contributed by atoms with E-state index in [1.165, 1.54) is 5.57 Å². The van der Waals surface area contributed by atoms with Gasteiger partial charge in [-0.3, -0.25) is 0 Å². The molecule has 0 nitrogen and oxygen atoms in total. The van der Waals surface area contributed by atoms with E-state index in [0.717, 1.165) is 18.4 Å². The molecule has 0 aromatic rings. The van der Waals surface area contributed by atoms with Crippen LogP contribution in [-0.4, -0.2) is 6.67 Å². The molecule has 0 aromatic heterocycles. The van der Waals surface area contributed by atoms with Crippen molar-refractivity contribution < 1.29 is 4.39 Å². The zero-order valence-corrected chi connectivity index (χ0v) is 7.65. The molecule has 0 aliphatic heterocycles. The van der Waals surface area contributed by atoms with Crippen LogP contribution in [0.15, 0.2) is 23.3 Å². The van der Waals surface area contributed by atoms with E-state index in [2.05, 4.69) is 19.9 Å². The highest BCUT2D eigenvalue weighted by Gasteiger charge is 1.87. The summed E-state index contributed by atoms with van der Waals surface area (Å²) in [6, 6.07) is 0. The van der Waals surface area contributed by atoms with Crippen molar-refractivity contribution >= 4 is 0 Å². The molecular formula is C10H17F. The highest BCUT2D eigenvalue weighted by atomic mass is 19.1. The average Bonchev–Trinajstić information content (AvgIpc) is 1.87. The van der Waals surface area contributed by atoms with Crippen LogP contribution in [0.5, 0.6) is 0 Å². The summed E-state index contributed by atoms with van der Waals surface area (Å²) in [7, 11) is 0. The number of allylic oxidation sites excluding steroid dienone is 4. The van der Waals surface area contributed by atoms with Crippen LogP contribution in [0, 0.1) is 0 Å². The van der Waals surface area contributed by atoms with Gasteiger partial charge in [-0.15, -0.1) is 0 Å². The van der Waals surface area contributed by atoms with Crippen molar-refractivity contribution in [2.24, 2.45) is 0 Å². The second kappa shape index (κ2) is 6.14. The first kappa shape index (κ1) is 10.4. The summed E-state index contributed by atoms with van der Waals surface area (Å²) >= 11 is 0. The molecule has 0 saturated carbocycles. The van der Waals surface area contributed by atoms with Crippen molar-refractivity contribution in [3.05, 3.63) is 23.3 Å². The third-order valence-electron chi connectivity index (χ3n) is 1.52. The van der Waals surface area contributed by atoms with E-state index in [4.69, 9.17) is 0 Å². The monoisotopic (exact) mass is 156 g/mol. The summed E-state index contributed by atoms with van der Waals surface area (Å²) in [6.07, 6.45) is 5.83. The van der Waals surface area contributed by atoms with Crippen LogP contribution in [-0.2, 0) is 0 Å². The molecule has 0 rings (SSSR count). The highest BCUT2D eigenvalue weighted by Crippen LogP contribution is 2.05. The lowest BCUT2D eigenvalue weighted by Gasteiger charge is -1.96. The fourth-order valence-corrected chi connectivity index (χ4v) is 0.822. The van der Waals surface area contributed by atoms with Gasteiger partial charge in [-0.2, -0.15) is 0 Å². The van der Waals surface area contributed by atoms with E-state index >= 15 is 0 Å². The van der Waals surface area contributed by atoms with Gasteiger partial charge < -0.3 is 0 Å². The molecule has 0 bridgehead atoms. The molecule has 0 aromatic carbocycles. The Hall–Kier alpha value is -0.590. The van der Waals surface area contributed by atoms with Gasteiger partial charge in [0.25, 0.3) is 0 Å². The Kier molecular flexibility index (Phi) is 5.81. The lowest BCUT2D eigenvalue weighted by molar-refractivity contribution is 0.558. The van der Waals surface area contributed by atoms with E-state index < -0.39 is 0 Å². The molecular weight excluding hydrogens is 139 g/mol. The second-order valence-electron chi connectivity index (χ2n) is 3.02. The second-order valence-corrected chi connectivity index (χ2v) is 3.02. The largest absolute Gasteiger partial charge is 0.247 e. The Morgan fingerprint density at radius 3 is 2.27 bits per heavy atom. The van der Waals surface area contributed by atoms with Gasteiger partial charge in [0.05, 0.1) is 0 Å². The minimum absolute atomic E-state index is 0.333. The van der Waals surface area contributed by atoms with Crippen LogP contribution in [0.4, 0.5) is 4.39 Å². The van der Waals surface area contributed by atoms with E-state index in [9.17, 15) is 4.39 Å². The molecule has 0 aliphatic carbocycles. The summed E-state index contributed by atoms with van der Waals surface area (Å²) in [5, 5.41) is 0. The van der Waals surface area contributed by atoms with Gasteiger partial charge in [0.15, 0.2) is 0 Å².